The number of likely N-dealkylation sites (tertiary alicyclic amines) is 1. The van der Waals surface area contributed by atoms with Gasteiger partial charge in [0.25, 0.3) is 0 Å². The molecule has 0 aromatic heterocycles. The second kappa shape index (κ2) is 12.0. The lowest BCUT2D eigenvalue weighted by atomic mass is 10.0. The fraction of sp³-hybridized carbons (Fsp3) is 0.440. The maximum atomic E-state index is 13.4. The van der Waals surface area contributed by atoms with Gasteiger partial charge in [0.1, 0.15) is 12.1 Å². The highest BCUT2D eigenvalue weighted by molar-refractivity contribution is 7.88. The third-order valence-corrected chi connectivity index (χ3v) is 7.68. The number of carbonyl (C=O) groups excluding carboxylic acids is 2. The lowest BCUT2D eigenvalue weighted by Gasteiger charge is -2.30. The Kier molecular flexibility index (Phi) is 9.29. The maximum Gasteiger partial charge on any atom is 0.243 e. The van der Waals surface area contributed by atoms with Gasteiger partial charge < -0.3 is 16.0 Å². The van der Waals surface area contributed by atoms with Gasteiger partial charge in [-0.15, -0.1) is 0 Å². The highest BCUT2D eigenvalue weighted by Crippen LogP contribution is 2.22. The number of rotatable bonds is 10. The van der Waals surface area contributed by atoms with E-state index in [-0.39, 0.29) is 30.0 Å². The summed E-state index contributed by atoms with van der Waals surface area (Å²) in [5.41, 5.74) is 8.11. The number of nitrogens with two attached hydrogens (primary N) is 1. The molecule has 0 spiro atoms. The van der Waals surface area contributed by atoms with Gasteiger partial charge in [-0.05, 0) is 47.6 Å². The van der Waals surface area contributed by atoms with Gasteiger partial charge in [-0.25, -0.2) is 13.1 Å². The first kappa shape index (κ1) is 27.1. The summed E-state index contributed by atoms with van der Waals surface area (Å²) < 4.78 is 28.2. The zero-order valence-corrected chi connectivity index (χ0v) is 21.6. The predicted molar refractivity (Wildman–Crippen MR) is 137 cm³/mol. The van der Waals surface area contributed by atoms with Crippen molar-refractivity contribution < 1.29 is 18.0 Å². The number of hydrogen-bond acceptors (Lipinski definition) is 5. The fourth-order valence-electron chi connectivity index (χ4n) is 4.24. The van der Waals surface area contributed by atoms with E-state index in [0.29, 0.717) is 36.5 Å². The molecule has 2 atom stereocenters. The van der Waals surface area contributed by atoms with Crippen LogP contribution in [-0.2, 0) is 38.5 Å². The molecule has 1 saturated heterocycles. The summed E-state index contributed by atoms with van der Waals surface area (Å²) in [6.07, 6.45) is 1.18. The number of nitrogens with one attached hydrogen (secondary N) is 2. The molecule has 1 aliphatic rings. The van der Waals surface area contributed by atoms with E-state index in [9.17, 15) is 18.0 Å². The van der Waals surface area contributed by atoms with Crippen molar-refractivity contribution in [3.63, 3.8) is 0 Å². The normalized spacial score (nSPS) is 16.9. The van der Waals surface area contributed by atoms with E-state index >= 15 is 0 Å². The number of nitrogens with zero attached hydrogens (tertiary/aromatic N) is 1. The standard InChI is InChI=1S/C25H33ClN4O4S/c1-17(2)23(29-35(33,34)16-18-7-4-3-5-8-18)25(32)30-12-6-9-22(30)24(31)28-15-20-13-21(26)11-10-19(20)14-27/h3-5,7-8,10-11,13,17,22-23,29H,6,9,12,14-16,27H2,1-2H3,(H,28,31)/t22-,23+/m0/s1. The summed E-state index contributed by atoms with van der Waals surface area (Å²) in [5.74, 6) is -1.19. The van der Waals surface area contributed by atoms with Crippen LogP contribution in [0.2, 0.25) is 5.02 Å². The molecule has 2 aromatic rings. The van der Waals surface area contributed by atoms with Crippen LogP contribution in [0.3, 0.4) is 0 Å². The minimum Gasteiger partial charge on any atom is -0.350 e. The molecule has 4 N–H and O–H groups in total. The Morgan fingerprint density at radius 2 is 1.86 bits per heavy atom. The molecule has 2 amide bonds. The van der Waals surface area contributed by atoms with E-state index in [2.05, 4.69) is 10.0 Å². The Morgan fingerprint density at radius 3 is 2.51 bits per heavy atom. The topological polar surface area (TPSA) is 122 Å². The third-order valence-electron chi connectivity index (χ3n) is 6.12. The van der Waals surface area contributed by atoms with Crippen LogP contribution < -0.4 is 15.8 Å². The summed E-state index contributed by atoms with van der Waals surface area (Å²) in [6, 6.07) is 12.5. The van der Waals surface area contributed by atoms with Gasteiger partial charge in [0.2, 0.25) is 21.8 Å². The molecule has 0 aliphatic carbocycles. The van der Waals surface area contributed by atoms with Crippen LogP contribution in [0, 0.1) is 5.92 Å². The van der Waals surface area contributed by atoms with Gasteiger partial charge in [0.05, 0.1) is 5.75 Å². The zero-order valence-electron chi connectivity index (χ0n) is 20.0. The predicted octanol–water partition coefficient (Wildman–Crippen LogP) is 2.55. The fourth-order valence-corrected chi connectivity index (χ4v) is 5.91. The Bertz CT molecular complexity index is 1140. The molecule has 0 saturated carbocycles. The largest absolute Gasteiger partial charge is 0.350 e. The van der Waals surface area contributed by atoms with Crippen LogP contribution >= 0.6 is 11.6 Å². The first-order valence-corrected chi connectivity index (χ1v) is 13.7. The van der Waals surface area contributed by atoms with Crippen LogP contribution in [0.1, 0.15) is 43.4 Å². The van der Waals surface area contributed by atoms with E-state index in [1.54, 1.807) is 50.2 Å². The Hall–Kier alpha value is -2.46. The van der Waals surface area contributed by atoms with E-state index in [0.717, 1.165) is 11.1 Å². The molecule has 2 aromatic carbocycles. The smallest absolute Gasteiger partial charge is 0.243 e. The van der Waals surface area contributed by atoms with E-state index in [1.165, 1.54) is 4.90 Å². The van der Waals surface area contributed by atoms with Crippen LogP contribution in [0.5, 0.6) is 0 Å². The van der Waals surface area contributed by atoms with Crippen molar-refractivity contribution in [2.45, 2.75) is 57.6 Å². The van der Waals surface area contributed by atoms with Crippen molar-refractivity contribution in [3.05, 3.63) is 70.2 Å². The molecule has 1 fully saturated rings. The number of amides is 2. The first-order chi connectivity index (χ1) is 16.6. The molecule has 8 nitrogen and oxygen atoms in total. The summed E-state index contributed by atoms with van der Waals surface area (Å²) in [7, 11) is -3.77. The van der Waals surface area contributed by atoms with Crippen LogP contribution in [0.25, 0.3) is 0 Å². The van der Waals surface area contributed by atoms with Crippen molar-refractivity contribution in [1.82, 2.24) is 14.9 Å². The van der Waals surface area contributed by atoms with Gasteiger partial charge in [0, 0.05) is 24.7 Å². The Balaban J connectivity index is 1.69. The third kappa shape index (κ3) is 7.27. The number of hydrogen-bond donors (Lipinski definition) is 3. The maximum absolute atomic E-state index is 13.4. The van der Waals surface area contributed by atoms with E-state index in [1.807, 2.05) is 12.1 Å². The molecule has 0 bridgehead atoms. The van der Waals surface area contributed by atoms with Gasteiger partial charge >= 0.3 is 0 Å². The summed E-state index contributed by atoms with van der Waals surface area (Å²) in [4.78, 5) is 28.0. The molecule has 1 heterocycles. The molecule has 10 heteroatoms. The SMILES string of the molecule is CC(C)[C@@H](NS(=O)(=O)Cc1ccccc1)C(=O)N1CCC[C@H]1C(=O)NCc1cc(Cl)ccc1CN. The van der Waals surface area contributed by atoms with Gasteiger partial charge in [-0.1, -0.05) is 61.8 Å². The highest BCUT2D eigenvalue weighted by Gasteiger charge is 2.39. The van der Waals surface area contributed by atoms with Crippen molar-refractivity contribution in [3.8, 4) is 0 Å². The van der Waals surface area contributed by atoms with Crippen molar-refractivity contribution in [1.29, 1.82) is 0 Å². The van der Waals surface area contributed by atoms with Crippen LogP contribution in [0.15, 0.2) is 48.5 Å². The minimum absolute atomic E-state index is 0.225. The van der Waals surface area contributed by atoms with Gasteiger partial charge in [0.15, 0.2) is 0 Å². The Morgan fingerprint density at radius 1 is 1.14 bits per heavy atom. The summed E-state index contributed by atoms with van der Waals surface area (Å²) in [6.45, 7) is 4.52. The summed E-state index contributed by atoms with van der Waals surface area (Å²) in [5, 5.41) is 3.44. The monoisotopic (exact) mass is 520 g/mol. The molecule has 190 valence electrons. The van der Waals surface area contributed by atoms with E-state index < -0.39 is 22.1 Å². The molecule has 1 aliphatic heterocycles. The van der Waals surface area contributed by atoms with Crippen molar-refractivity contribution >= 4 is 33.4 Å². The molecule has 3 rings (SSSR count). The number of sulfonamides is 1. The summed E-state index contributed by atoms with van der Waals surface area (Å²) >= 11 is 6.09. The average Bonchev–Trinajstić information content (AvgIpc) is 3.31. The lowest BCUT2D eigenvalue weighted by Crippen LogP contribution is -2.55. The number of halogens is 1. The second-order valence-corrected chi connectivity index (χ2v) is 11.3. The minimum atomic E-state index is -3.77. The number of carbonyl (C=O) groups is 2. The van der Waals surface area contributed by atoms with E-state index in [4.69, 9.17) is 17.3 Å². The van der Waals surface area contributed by atoms with Gasteiger partial charge in [-0.3, -0.25) is 9.59 Å². The highest BCUT2D eigenvalue weighted by atomic mass is 35.5. The molecule has 35 heavy (non-hydrogen) atoms. The molecular weight excluding hydrogens is 488 g/mol. The quantitative estimate of drug-likeness (QED) is 0.444. The van der Waals surface area contributed by atoms with Crippen molar-refractivity contribution in [2.24, 2.45) is 11.7 Å². The first-order valence-electron chi connectivity index (χ1n) is 11.7. The van der Waals surface area contributed by atoms with Crippen LogP contribution in [-0.4, -0.2) is 43.8 Å². The number of benzene rings is 2. The average molecular weight is 521 g/mol. The second-order valence-electron chi connectivity index (χ2n) is 9.11. The zero-order chi connectivity index (χ0) is 25.6. The Labute approximate surface area is 212 Å². The lowest BCUT2D eigenvalue weighted by molar-refractivity contribution is -0.140. The molecule has 0 unspecified atom stereocenters. The molecule has 0 radical (unpaired) electrons. The van der Waals surface area contributed by atoms with Gasteiger partial charge in [-0.2, -0.15) is 0 Å². The molecular formula is C25H33ClN4O4S. The van der Waals surface area contributed by atoms with Crippen molar-refractivity contribution in [2.75, 3.05) is 6.54 Å². The van der Waals surface area contributed by atoms with Crippen LogP contribution in [0.4, 0.5) is 0 Å².